The molecular formula is C17H25N. The van der Waals surface area contributed by atoms with E-state index in [1.54, 1.807) is 0 Å². The number of rotatable bonds is 8. The van der Waals surface area contributed by atoms with Gasteiger partial charge in [0.15, 0.2) is 0 Å². The van der Waals surface area contributed by atoms with E-state index in [0.29, 0.717) is 0 Å². The predicted molar refractivity (Wildman–Crippen MR) is 80.6 cm³/mol. The van der Waals surface area contributed by atoms with Gasteiger partial charge >= 0.3 is 0 Å². The summed E-state index contributed by atoms with van der Waals surface area (Å²) in [7, 11) is 0. The van der Waals surface area contributed by atoms with Crippen molar-refractivity contribution in [3.63, 3.8) is 0 Å². The summed E-state index contributed by atoms with van der Waals surface area (Å²) < 4.78 is 0. The van der Waals surface area contributed by atoms with E-state index in [2.05, 4.69) is 67.7 Å². The summed E-state index contributed by atoms with van der Waals surface area (Å²) in [5.41, 5.74) is 2.78. The molecule has 1 nitrogen and oxygen atoms in total. The summed E-state index contributed by atoms with van der Waals surface area (Å²) in [5.74, 6) is 0. The van der Waals surface area contributed by atoms with Gasteiger partial charge in [0.2, 0.25) is 0 Å². The van der Waals surface area contributed by atoms with Gasteiger partial charge in [-0.3, -0.25) is 0 Å². The molecule has 0 unspecified atom stereocenters. The molecule has 1 N–H and O–H groups in total. The smallest absolute Gasteiger partial charge is 0.0208 e. The van der Waals surface area contributed by atoms with Gasteiger partial charge in [0, 0.05) is 13.1 Å². The minimum Gasteiger partial charge on any atom is -0.309 e. The van der Waals surface area contributed by atoms with Gasteiger partial charge in [0.1, 0.15) is 0 Å². The zero-order valence-corrected chi connectivity index (χ0v) is 11.7. The van der Waals surface area contributed by atoms with Crippen LogP contribution in [0.1, 0.15) is 38.7 Å². The molecule has 1 aromatic rings. The fourth-order valence-electron chi connectivity index (χ4n) is 1.77. The van der Waals surface area contributed by atoms with Crippen LogP contribution >= 0.6 is 0 Å². The quantitative estimate of drug-likeness (QED) is 0.525. The molecular weight excluding hydrogens is 218 g/mol. The Kier molecular flexibility index (Phi) is 7.90. The second kappa shape index (κ2) is 9.67. The third kappa shape index (κ3) is 6.41. The van der Waals surface area contributed by atoms with E-state index in [9.17, 15) is 0 Å². The van der Waals surface area contributed by atoms with Crippen molar-refractivity contribution in [3.8, 4) is 0 Å². The Morgan fingerprint density at radius 3 is 2.61 bits per heavy atom. The monoisotopic (exact) mass is 243 g/mol. The molecule has 98 valence electrons. The molecule has 0 aliphatic carbocycles. The summed E-state index contributed by atoms with van der Waals surface area (Å²) in [6.07, 6.45) is 10.3. The maximum atomic E-state index is 3.42. The van der Waals surface area contributed by atoms with Crippen LogP contribution in [-0.4, -0.2) is 6.54 Å². The first-order chi connectivity index (χ1) is 8.86. The first kappa shape index (κ1) is 14.7. The summed E-state index contributed by atoms with van der Waals surface area (Å²) in [5, 5.41) is 3.42. The molecule has 1 heteroatoms. The van der Waals surface area contributed by atoms with Crippen LogP contribution in [0, 0.1) is 0 Å². The highest BCUT2D eigenvalue weighted by molar-refractivity contribution is 5.18. The number of allylic oxidation sites excluding steroid dienone is 3. The van der Waals surface area contributed by atoms with Gasteiger partial charge in [0.25, 0.3) is 0 Å². The van der Waals surface area contributed by atoms with Crippen molar-refractivity contribution < 1.29 is 0 Å². The Bertz CT molecular complexity index is 362. The van der Waals surface area contributed by atoms with E-state index in [-0.39, 0.29) is 0 Å². The van der Waals surface area contributed by atoms with Crippen molar-refractivity contribution in [2.45, 2.75) is 39.7 Å². The molecule has 0 aromatic heterocycles. The zero-order chi connectivity index (χ0) is 13.1. The topological polar surface area (TPSA) is 12.0 Å². The van der Waals surface area contributed by atoms with Crippen molar-refractivity contribution >= 4 is 0 Å². The van der Waals surface area contributed by atoms with E-state index in [1.165, 1.54) is 24.0 Å². The van der Waals surface area contributed by atoms with Crippen LogP contribution < -0.4 is 5.32 Å². The number of unbranched alkanes of at least 4 members (excludes halogenated alkanes) is 1. The van der Waals surface area contributed by atoms with Gasteiger partial charge in [0.05, 0.1) is 0 Å². The second-order valence-corrected chi connectivity index (χ2v) is 4.44. The maximum Gasteiger partial charge on any atom is 0.0208 e. The number of benzene rings is 1. The third-order valence-corrected chi connectivity index (χ3v) is 2.87. The Morgan fingerprint density at radius 1 is 1.17 bits per heavy atom. The zero-order valence-electron chi connectivity index (χ0n) is 11.7. The molecule has 0 spiro atoms. The van der Waals surface area contributed by atoms with Gasteiger partial charge in [-0.2, -0.15) is 0 Å². The normalized spacial score (nSPS) is 12.2. The largest absolute Gasteiger partial charge is 0.309 e. The SMILES string of the molecule is CCC/C=C(/C=C/CNCc1ccccc1)CC. The summed E-state index contributed by atoms with van der Waals surface area (Å²) in [6, 6.07) is 10.5. The molecule has 0 heterocycles. The lowest BCUT2D eigenvalue weighted by Crippen LogP contribution is -2.12. The minimum absolute atomic E-state index is 0.929. The maximum absolute atomic E-state index is 3.42. The van der Waals surface area contributed by atoms with Crippen molar-refractivity contribution in [3.05, 3.63) is 59.7 Å². The number of nitrogens with one attached hydrogen (secondary N) is 1. The van der Waals surface area contributed by atoms with Crippen LogP contribution in [0.3, 0.4) is 0 Å². The van der Waals surface area contributed by atoms with Crippen molar-refractivity contribution in [1.82, 2.24) is 5.32 Å². The lowest BCUT2D eigenvalue weighted by Gasteiger charge is -2.02. The fraction of sp³-hybridized carbons (Fsp3) is 0.412. The molecule has 0 fully saturated rings. The van der Waals surface area contributed by atoms with Gasteiger partial charge in [-0.25, -0.2) is 0 Å². The van der Waals surface area contributed by atoms with E-state index in [4.69, 9.17) is 0 Å². The van der Waals surface area contributed by atoms with Gasteiger partial charge in [-0.1, -0.05) is 74.4 Å². The molecule has 1 aromatic carbocycles. The molecule has 0 saturated heterocycles. The highest BCUT2D eigenvalue weighted by Gasteiger charge is 1.89. The number of hydrogen-bond acceptors (Lipinski definition) is 1. The molecule has 0 bridgehead atoms. The van der Waals surface area contributed by atoms with Gasteiger partial charge in [-0.05, 0) is 18.4 Å². The first-order valence-corrected chi connectivity index (χ1v) is 6.97. The molecule has 0 amide bonds. The molecule has 0 aliphatic rings. The second-order valence-electron chi connectivity index (χ2n) is 4.44. The predicted octanol–water partition coefficient (Wildman–Crippen LogP) is 4.47. The highest BCUT2D eigenvalue weighted by atomic mass is 14.8. The van der Waals surface area contributed by atoms with Crippen LogP contribution in [-0.2, 0) is 6.54 Å². The molecule has 0 radical (unpaired) electrons. The Balaban J connectivity index is 2.24. The first-order valence-electron chi connectivity index (χ1n) is 6.97. The molecule has 0 atom stereocenters. The molecule has 0 aliphatic heterocycles. The molecule has 1 rings (SSSR count). The Hall–Kier alpha value is -1.34. The van der Waals surface area contributed by atoms with Crippen molar-refractivity contribution in [2.24, 2.45) is 0 Å². The summed E-state index contributed by atoms with van der Waals surface area (Å²) in [4.78, 5) is 0. The lowest BCUT2D eigenvalue weighted by atomic mass is 10.1. The molecule has 18 heavy (non-hydrogen) atoms. The van der Waals surface area contributed by atoms with Crippen molar-refractivity contribution in [2.75, 3.05) is 6.54 Å². The van der Waals surface area contributed by atoms with Gasteiger partial charge in [-0.15, -0.1) is 0 Å². The minimum atomic E-state index is 0.929. The number of hydrogen-bond donors (Lipinski definition) is 1. The Labute approximate surface area is 112 Å². The average molecular weight is 243 g/mol. The van der Waals surface area contributed by atoms with Crippen LogP contribution in [0.4, 0.5) is 0 Å². The molecule has 0 saturated carbocycles. The summed E-state index contributed by atoms with van der Waals surface area (Å²) >= 11 is 0. The summed E-state index contributed by atoms with van der Waals surface area (Å²) in [6.45, 7) is 6.29. The van der Waals surface area contributed by atoms with Crippen LogP contribution in [0.25, 0.3) is 0 Å². The van der Waals surface area contributed by atoms with E-state index in [1.807, 2.05) is 0 Å². The van der Waals surface area contributed by atoms with Crippen molar-refractivity contribution in [1.29, 1.82) is 0 Å². The fourth-order valence-corrected chi connectivity index (χ4v) is 1.77. The van der Waals surface area contributed by atoms with E-state index in [0.717, 1.165) is 19.5 Å². The Morgan fingerprint density at radius 2 is 1.94 bits per heavy atom. The van der Waals surface area contributed by atoms with E-state index < -0.39 is 0 Å². The average Bonchev–Trinajstić information content (AvgIpc) is 2.43. The highest BCUT2D eigenvalue weighted by Crippen LogP contribution is 2.05. The van der Waals surface area contributed by atoms with Crippen LogP contribution in [0.5, 0.6) is 0 Å². The lowest BCUT2D eigenvalue weighted by molar-refractivity contribution is 0.759. The standard InChI is InChI=1S/C17H25N/c1-3-5-10-16(4-2)13-9-14-18-15-17-11-7-6-8-12-17/h6-13,18H,3-5,14-15H2,1-2H3/b13-9+,16-10+. The third-order valence-electron chi connectivity index (χ3n) is 2.87. The van der Waals surface area contributed by atoms with E-state index >= 15 is 0 Å². The van der Waals surface area contributed by atoms with Crippen LogP contribution in [0.2, 0.25) is 0 Å². The van der Waals surface area contributed by atoms with Crippen LogP contribution in [0.15, 0.2) is 54.1 Å². The van der Waals surface area contributed by atoms with Gasteiger partial charge < -0.3 is 5.32 Å².